The summed E-state index contributed by atoms with van der Waals surface area (Å²) in [4.78, 5) is 14.0. The predicted octanol–water partition coefficient (Wildman–Crippen LogP) is 1.22. The second-order valence-electron chi connectivity index (χ2n) is 4.48. The van der Waals surface area contributed by atoms with Gasteiger partial charge in [0, 0.05) is 26.7 Å². The lowest BCUT2D eigenvalue weighted by molar-refractivity contribution is -0.122. The lowest BCUT2D eigenvalue weighted by Crippen LogP contribution is -2.39. The molecule has 5 nitrogen and oxygen atoms in total. The molecule has 0 aliphatic heterocycles. The standard InChI is InChI=1S/C14H23N3O2.2ClH/c1-17(10-11-19-2)9-8-16-14(18)13(15)12-6-4-3-5-7-12;;/h3-7,13H,8-11,15H2,1-2H3,(H,16,18);2*1H. The van der Waals surface area contributed by atoms with Gasteiger partial charge in [-0.05, 0) is 12.6 Å². The van der Waals surface area contributed by atoms with Gasteiger partial charge in [0.05, 0.1) is 6.61 Å². The Bertz CT molecular complexity index is 380. The Morgan fingerprint density at radius 2 is 1.90 bits per heavy atom. The summed E-state index contributed by atoms with van der Waals surface area (Å²) in [7, 11) is 3.66. The monoisotopic (exact) mass is 337 g/mol. The number of hydrogen-bond donors (Lipinski definition) is 2. The van der Waals surface area contributed by atoms with E-state index in [4.69, 9.17) is 10.5 Å². The third-order valence-electron chi connectivity index (χ3n) is 2.91. The molecular weight excluding hydrogens is 313 g/mol. The molecule has 1 aromatic carbocycles. The maximum absolute atomic E-state index is 11.9. The second-order valence-corrected chi connectivity index (χ2v) is 4.48. The Balaban J connectivity index is 0. The van der Waals surface area contributed by atoms with Crippen LogP contribution in [0.2, 0.25) is 0 Å². The summed E-state index contributed by atoms with van der Waals surface area (Å²) in [6, 6.07) is 8.76. The molecule has 0 saturated carbocycles. The van der Waals surface area contributed by atoms with Crippen LogP contribution in [0.4, 0.5) is 0 Å². The van der Waals surface area contributed by atoms with Crippen LogP contribution < -0.4 is 11.1 Å². The maximum Gasteiger partial charge on any atom is 0.241 e. The summed E-state index contributed by atoms with van der Waals surface area (Å²) in [5.41, 5.74) is 6.72. The number of nitrogens with two attached hydrogens (primary N) is 1. The van der Waals surface area contributed by atoms with E-state index in [-0.39, 0.29) is 30.7 Å². The number of hydrogen-bond acceptors (Lipinski definition) is 4. The van der Waals surface area contributed by atoms with Gasteiger partial charge in [0.1, 0.15) is 6.04 Å². The molecule has 1 rings (SSSR count). The molecule has 3 N–H and O–H groups in total. The van der Waals surface area contributed by atoms with Crippen LogP contribution >= 0.6 is 24.8 Å². The number of carbonyl (C=O) groups excluding carboxylic acids is 1. The van der Waals surface area contributed by atoms with E-state index in [2.05, 4.69) is 10.2 Å². The number of methoxy groups -OCH3 is 1. The zero-order valence-electron chi connectivity index (χ0n) is 12.5. The SMILES string of the molecule is COCCN(C)CCNC(=O)C(N)c1ccccc1.Cl.Cl. The molecule has 0 radical (unpaired) electrons. The van der Waals surface area contributed by atoms with Crippen molar-refractivity contribution >= 4 is 30.7 Å². The number of amides is 1. The van der Waals surface area contributed by atoms with Crippen molar-refractivity contribution < 1.29 is 9.53 Å². The number of nitrogens with zero attached hydrogens (tertiary/aromatic N) is 1. The average molecular weight is 338 g/mol. The summed E-state index contributed by atoms with van der Waals surface area (Å²) >= 11 is 0. The number of carbonyl (C=O) groups is 1. The number of benzene rings is 1. The molecule has 7 heteroatoms. The topological polar surface area (TPSA) is 67.6 Å². The van der Waals surface area contributed by atoms with Gasteiger partial charge in [0.25, 0.3) is 0 Å². The highest BCUT2D eigenvalue weighted by molar-refractivity contribution is 5.85. The first-order valence-electron chi connectivity index (χ1n) is 6.41. The zero-order valence-corrected chi connectivity index (χ0v) is 14.1. The number of likely N-dealkylation sites (N-methyl/N-ethyl adjacent to an activating group) is 1. The van der Waals surface area contributed by atoms with Crippen LogP contribution in [0.25, 0.3) is 0 Å². The van der Waals surface area contributed by atoms with E-state index in [0.717, 1.165) is 18.7 Å². The molecule has 122 valence electrons. The highest BCUT2D eigenvalue weighted by atomic mass is 35.5. The molecule has 1 unspecified atom stereocenters. The van der Waals surface area contributed by atoms with Gasteiger partial charge in [-0.25, -0.2) is 0 Å². The minimum Gasteiger partial charge on any atom is -0.383 e. The molecular formula is C14H25Cl2N3O2. The molecule has 1 atom stereocenters. The summed E-state index contributed by atoms with van der Waals surface area (Å²) in [5.74, 6) is -0.147. The Kier molecular flexibility index (Phi) is 13.7. The number of ether oxygens (including phenoxy) is 1. The molecule has 0 fully saturated rings. The van der Waals surface area contributed by atoms with E-state index in [0.29, 0.717) is 13.2 Å². The van der Waals surface area contributed by atoms with E-state index in [1.165, 1.54) is 0 Å². The van der Waals surface area contributed by atoms with E-state index in [1.807, 2.05) is 37.4 Å². The molecule has 0 aliphatic carbocycles. The van der Waals surface area contributed by atoms with E-state index in [1.54, 1.807) is 7.11 Å². The third-order valence-corrected chi connectivity index (χ3v) is 2.91. The van der Waals surface area contributed by atoms with Gasteiger partial charge in [-0.2, -0.15) is 0 Å². The highest BCUT2D eigenvalue weighted by Gasteiger charge is 2.14. The van der Waals surface area contributed by atoms with E-state index < -0.39 is 6.04 Å². The smallest absolute Gasteiger partial charge is 0.241 e. The zero-order chi connectivity index (χ0) is 14.1. The van der Waals surface area contributed by atoms with Gasteiger partial charge in [-0.15, -0.1) is 24.8 Å². The minimum atomic E-state index is -0.606. The summed E-state index contributed by atoms with van der Waals surface area (Å²) in [5, 5.41) is 2.84. The van der Waals surface area contributed by atoms with Crippen molar-refractivity contribution in [3.05, 3.63) is 35.9 Å². The van der Waals surface area contributed by atoms with Gasteiger partial charge in [-0.3, -0.25) is 4.79 Å². The lowest BCUT2D eigenvalue weighted by Gasteiger charge is -2.17. The summed E-state index contributed by atoms with van der Waals surface area (Å²) in [6.07, 6.45) is 0. The van der Waals surface area contributed by atoms with Crippen LogP contribution in [-0.4, -0.2) is 51.2 Å². The molecule has 0 spiro atoms. The molecule has 0 heterocycles. The van der Waals surface area contributed by atoms with Crippen LogP contribution in [0.1, 0.15) is 11.6 Å². The third kappa shape index (κ3) is 8.90. The molecule has 0 saturated heterocycles. The van der Waals surface area contributed by atoms with Gasteiger partial charge >= 0.3 is 0 Å². The first-order chi connectivity index (χ1) is 9.15. The highest BCUT2D eigenvalue weighted by Crippen LogP contribution is 2.08. The largest absolute Gasteiger partial charge is 0.383 e. The Morgan fingerprint density at radius 3 is 2.48 bits per heavy atom. The van der Waals surface area contributed by atoms with Crippen molar-refractivity contribution in [3.8, 4) is 0 Å². The normalized spacial score (nSPS) is 11.2. The molecule has 0 aliphatic rings. The van der Waals surface area contributed by atoms with Crippen molar-refractivity contribution in [2.24, 2.45) is 5.73 Å². The van der Waals surface area contributed by atoms with Crippen molar-refractivity contribution in [2.75, 3.05) is 40.4 Å². The fourth-order valence-electron chi connectivity index (χ4n) is 1.65. The average Bonchev–Trinajstić information content (AvgIpc) is 2.45. The summed E-state index contributed by atoms with van der Waals surface area (Å²) < 4.78 is 4.99. The Labute approximate surface area is 139 Å². The Hall–Kier alpha value is -0.850. The van der Waals surface area contributed by atoms with Crippen molar-refractivity contribution in [1.29, 1.82) is 0 Å². The molecule has 1 aromatic rings. The van der Waals surface area contributed by atoms with Crippen molar-refractivity contribution in [3.63, 3.8) is 0 Å². The minimum absolute atomic E-state index is 0. The van der Waals surface area contributed by atoms with Crippen LogP contribution in [-0.2, 0) is 9.53 Å². The van der Waals surface area contributed by atoms with Crippen LogP contribution in [0.3, 0.4) is 0 Å². The van der Waals surface area contributed by atoms with E-state index >= 15 is 0 Å². The molecule has 21 heavy (non-hydrogen) atoms. The van der Waals surface area contributed by atoms with E-state index in [9.17, 15) is 4.79 Å². The van der Waals surface area contributed by atoms with Crippen LogP contribution in [0, 0.1) is 0 Å². The fraction of sp³-hybridized carbons (Fsp3) is 0.500. The first-order valence-corrected chi connectivity index (χ1v) is 6.41. The van der Waals surface area contributed by atoms with Crippen LogP contribution in [0.15, 0.2) is 30.3 Å². The number of rotatable bonds is 8. The fourth-order valence-corrected chi connectivity index (χ4v) is 1.65. The van der Waals surface area contributed by atoms with Gasteiger partial charge in [0.15, 0.2) is 0 Å². The first kappa shape index (κ1) is 22.4. The van der Waals surface area contributed by atoms with Crippen LogP contribution in [0.5, 0.6) is 0 Å². The quantitative estimate of drug-likeness (QED) is 0.748. The molecule has 0 bridgehead atoms. The van der Waals surface area contributed by atoms with Crippen molar-refractivity contribution in [1.82, 2.24) is 10.2 Å². The Morgan fingerprint density at radius 1 is 1.29 bits per heavy atom. The number of nitrogens with one attached hydrogen (secondary N) is 1. The predicted molar refractivity (Wildman–Crippen MR) is 90.2 cm³/mol. The van der Waals surface area contributed by atoms with Gasteiger partial charge in [0.2, 0.25) is 5.91 Å². The van der Waals surface area contributed by atoms with Crippen molar-refractivity contribution in [2.45, 2.75) is 6.04 Å². The molecule has 1 amide bonds. The van der Waals surface area contributed by atoms with Gasteiger partial charge < -0.3 is 20.7 Å². The second kappa shape index (κ2) is 12.9. The molecule has 0 aromatic heterocycles. The lowest BCUT2D eigenvalue weighted by atomic mass is 10.1. The number of halogens is 2. The van der Waals surface area contributed by atoms with Gasteiger partial charge in [-0.1, -0.05) is 30.3 Å². The summed E-state index contributed by atoms with van der Waals surface area (Å²) in [6.45, 7) is 2.89. The maximum atomic E-state index is 11.9.